The largest absolute Gasteiger partial charge is 0.496 e. The minimum Gasteiger partial charge on any atom is -0.496 e. The van der Waals surface area contributed by atoms with Crippen molar-refractivity contribution in [1.82, 2.24) is 0 Å². The van der Waals surface area contributed by atoms with Gasteiger partial charge in [-0.05, 0) is 23.8 Å². The van der Waals surface area contributed by atoms with Gasteiger partial charge in [0.2, 0.25) is 0 Å². The topological polar surface area (TPSA) is 55.5 Å². The second-order valence-corrected chi connectivity index (χ2v) is 6.09. The summed E-state index contributed by atoms with van der Waals surface area (Å²) in [5.41, 5.74) is 6.86. The molecule has 0 aliphatic rings. The van der Waals surface area contributed by atoms with Gasteiger partial charge in [0.1, 0.15) is 5.75 Å². The van der Waals surface area contributed by atoms with E-state index in [1.807, 2.05) is 35.7 Å². The van der Waals surface area contributed by atoms with Crippen molar-refractivity contribution in [2.24, 2.45) is 5.73 Å². The molecule has 0 spiro atoms. The number of thiophene rings is 1. The number of aliphatic hydroxyl groups is 1. The highest BCUT2D eigenvalue weighted by molar-refractivity contribution is 9.10. The molecule has 1 aromatic carbocycles. The maximum atomic E-state index is 10.5. The van der Waals surface area contributed by atoms with Crippen LogP contribution in [0.15, 0.2) is 40.2 Å². The van der Waals surface area contributed by atoms with E-state index in [9.17, 15) is 5.11 Å². The van der Waals surface area contributed by atoms with Crippen molar-refractivity contribution in [2.45, 2.75) is 12.0 Å². The molecule has 0 aliphatic heterocycles. The average molecular weight is 342 g/mol. The zero-order valence-electron chi connectivity index (χ0n) is 10.5. The first kappa shape index (κ1) is 14.5. The van der Waals surface area contributed by atoms with Crippen molar-refractivity contribution < 1.29 is 9.84 Å². The number of methoxy groups -OCH3 is 1. The molecule has 0 fully saturated rings. The van der Waals surface area contributed by atoms with Crippen LogP contribution in [-0.4, -0.2) is 18.8 Å². The summed E-state index contributed by atoms with van der Waals surface area (Å²) in [6.07, 6.45) is -0.611. The van der Waals surface area contributed by atoms with Gasteiger partial charge < -0.3 is 15.6 Å². The highest BCUT2D eigenvalue weighted by Crippen LogP contribution is 2.35. The smallest absolute Gasteiger partial charge is 0.129 e. The van der Waals surface area contributed by atoms with Crippen LogP contribution in [0.2, 0.25) is 0 Å². The number of benzene rings is 1. The van der Waals surface area contributed by atoms with Gasteiger partial charge in [-0.2, -0.15) is 0 Å². The summed E-state index contributed by atoms with van der Waals surface area (Å²) in [6, 6.07) is 9.74. The first-order valence-corrected chi connectivity index (χ1v) is 7.59. The van der Waals surface area contributed by atoms with Crippen LogP contribution in [0, 0.1) is 0 Å². The van der Waals surface area contributed by atoms with Crippen molar-refractivity contribution in [2.75, 3.05) is 13.7 Å². The first-order chi connectivity index (χ1) is 9.15. The molecule has 2 rings (SSSR count). The Morgan fingerprint density at radius 2 is 2.05 bits per heavy atom. The molecule has 102 valence electrons. The zero-order chi connectivity index (χ0) is 13.8. The third-order valence-corrected chi connectivity index (χ3v) is 4.57. The van der Waals surface area contributed by atoms with Gasteiger partial charge in [-0.25, -0.2) is 0 Å². The van der Waals surface area contributed by atoms with E-state index in [0.29, 0.717) is 6.54 Å². The Bertz CT molecular complexity index is 526. The Balaban J connectivity index is 2.23. The Morgan fingerprint density at radius 1 is 1.37 bits per heavy atom. The van der Waals surface area contributed by atoms with Crippen LogP contribution in [-0.2, 0) is 0 Å². The van der Waals surface area contributed by atoms with Crippen molar-refractivity contribution in [1.29, 1.82) is 0 Å². The fraction of sp³-hybridized carbons (Fsp3) is 0.286. The predicted octanol–water partition coefficient (Wildman–Crippen LogP) is 3.30. The number of rotatable bonds is 5. The van der Waals surface area contributed by atoms with Gasteiger partial charge in [0, 0.05) is 27.2 Å². The van der Waals surface area contributed by atoms with Crippen LogP contribution in [0.5, 0.6) is 5.75 Å². The number of hydrogen-bond acceptors (Lipinski definition) is 4. The molecule has 0 aliphatic carbocycles. The van der Waals surface area contributed by atoms with Crippen molar-refractivity contribution in [3.8, 4) is 5.75 Å². The lowest BCUT2D eigenvalue weighted by Gasteiger charge is -2.21. The molecule has 1 aromatic heterocycles. The van der Waals surface area contributed by atoms with E-state index >= 15 is 0 Å². The summed E-state index contributed by atoms with van der Waals surface area (Å²) in [5, 5.41) is 12.4. The summed E-state index contributed by atoms with van der Waals surface area (Å²) in [7, 11) is 1.62. The summed E-state index contributed by atoms with van der Waals surface area (Å²) in [6.45, 7) is 0.392. The zero-order valence-corrected chi connectivity index (χ0v) is 12.9. The van der Waals surface area contributed by atoms with Crippen molar-refractivity contribution in [3.63, 3.8) is 0 Å². The lowest BCUT2D eigenvalue weighted by molar-refractivity contribution is 0.151. The molecule has 0 saturated heterocycles. The molecular formula is C14H16BrNO2S. The van der Waals surface area contributed by atoms with Crippen LogP contribution in [0.4, 0.5) is 0 Å². The van der Waals surface area contributed by atoms with Gasteiger partial charge in [0.25, 0.3) is 0 Å². The Labute approximate surface area is 125 Å². The average Bonchev–Trinajstić information content (AvgIpc) is 2.90. The Morgan fingerprint density at radius 3 is 2.58 bits per heavy atom. The van der Waals surface area contributed by atoms with Gasteiger partial charge >= 0.3 is 0 Å². The molecule has 1 heterocycles. The molecule has 5 heteroatoms. The fourth-order valence-electron chi connectivity index (χ4n) is 1.95. The monoisotopic (exact) mass is 341 g/mol. The highest BCUT2D eigenvalue weighted by Gasteiger charge is 2.23. The second kappa shape index (κ2) is 6.52. The standard InChI is InChI=1S/C14H16BrNO2S/c1-18-11-6-13(19-8-11)14(17)12(7-16)9-2-4-10(15)5-3-9/h2-6,8,12,14,17H,7,16H2,1H3. The summed E-state index contributed by atoms with van der Waals surface area (Å²) < 4.78 is 6.15. The van der Waals surface area contributed by atoms with Gasteiger partial charge in [-0.15, -0.1) is 11.3 Å². The predicted molar refractivity (Wildman–Crippen MR) is 81.8 cm³/mol. The van der Waals surface area contributed by atoms with Gasteiger partial charge in [0.15, 0.2) is 0 Å². The van der Waals surface area contributed by atoms with Crippen LogP contribution >= 0.6 is 27.3 Å². The normalized spacial score (nSPS) is 14.1. The summed E-state index contributed by atoms with van der Waals surface area (Å²) in [4.78, 5) is 0.871. The number of ether oxygens (including phenoxy) is 1. The van der Waals surface area contributed by atoms with E-state index in [1.54, 1.807) is 7.11 Å². The molecule has 2 atom stereocenters. The van der Waals surface area contributed by atoms with Crippen LogP contribution in [0.3, 0.4) is 0 Å². The maximum absolute atomic E-state index is 10.5. The molecule has 2 unspecified atom stereocenters. The molecule has 2 aromatic rings. The molecule has 0 saturated carbocycles. The first-order valence-electron chi connectivity index (χ1n) is 5.91. The van der Waals surface area contributed by atoms with E-state index < -0.39 is 6.10 Å². The van der Waals surface area contributed by atoms with Crippen LogP contribution in [0.1, 0.15) is 22.5 Å². The quantitative estimate of drug-likeness (QED) is 0.877. The minimum absolute atomic E-state index is 0.114. The lowest BCUT2D eigenvalue weighted by Crippen LogP contribution is -2.19. The van der Waals surface area contributed by atoms with Crippen molar-refractivity contribution >= 4 is 27.3 Å². The summed E-state index contributed by atoms with van der Waals surface area (Å²) in [5.74, 6) is 0.655. The van der Waals surface area contributed by atoms with Crippen LogP contribution in [0.25, 0.3) is 0 Å². The number of hydrogen-bond donors (Lipinski definition) is 2. The molecule has 3 N–H and O–H groups in total. The van der Waals surface area contributed by atoms with Crippen molar-refractivity contribution in [3.05, 3.63) is 50.6 Å². The number of halogens is 1. The maximum Gasteiger partial charge on any atom is 0.129 e. The molecule has 3 nitrogen and oxygen atoms in total. The van der Waals surface area contributed by atoms with Crippen LogP contribution < -0.4 is 10.5 Å². The van der Waals surface area contributed by atoms with E-state index in [2.05, 4.69) is 15.9 Å². The van der Waals surface area contributed by atoms with E-state index in [-0.39, 0.29) is 5.92 Å². The SMILES string of the molecule is COc1csc(C(O)C(CN)c2ccc(Br)cc2)c1. The van der Waals surface area contributed by atoms with Gasteiger partial charge in [-0.1, -0.05) is 28.1 Å². The van der Waals surface area contributed by atoms with E-state index in [0.717, 1.165) is 20.7 Å². The number of aliphatic hydroxyl groups excluding tert-OH is 1. The molecule has 19 heavy (non-hydrogen) atoms. The molecule has 0 bridgehead atoms. The second-order valence-electron chi connectivity index (χ2n) is 4.23. The fourth-order valence-corrected chi connectivity index (χ4v) is 3.12. The number of nitrogens with two attached hydrogens (primary N) is 1. The summed E-state index contributed by atoms with van der Waals surface area (Å²) >= 11 is 4.89. The Kier molecular flexibility index (Phi) is 4.99. The third kappa shape index (κ3) is 3.36. The highest BCUT2D eigenvalue weighted by atomic mass is 79.9. The molecule has 0 amide bonds. The van der Waals surface area contributed by atoms with Gasteiger partial charge in [-0.3, -0.25) is 0 Å². The van der Waals surface area contributed by atoms with E-state index in [1.165, 1.54) is 11.3 Å². The molecular weight excluding hydrogens is 326 g/mol. The lowest BCUT2D eigenvalue weighted by atomic mass is 9.92. The van der Waals surface area contributed by atoms with Gasteiger partial charge in [0.05, 0.1) is 13.2 Å². The minimum atomic E-state index is -0.611. The Hall–Kier alpha value is -0.880. The molecule has 0 radical (unpaired) electrons. The third-order valence-electron chi connectivity index (χ3n) is 3.06. The van der Waals surface area contributed by atoms with E-state index in [4.69, 9.17) is 10.5 Å².